The second-order valence-corrected chi connectivity index (χ2v) is 7.85. The smallest absolute Gasteiger partial charge is 0.281 e. The minimum atomic E-state index is -3.87. The lowest BCUT2D eigenvalue weighted by atomic mass is 10.3. The maximum absolute atomic E-state index is 12.5. The number of thiazole rings is 1. The van der Waals surface area contributed by atoms with Crippen molar-refractivity contribution >= 4 is 65.4 Å². The van der Waals surface area contributed by atoms with Crippen LogP contribution >= 0.6 is 38.9 Å². The molecule has 0 aliphatic rings. The third-order valence-corrected chi connectivity index (χ3v) is 5.72. The van der Waals surface area contributed by atoms with Gasteiger partial charge in [0.05, 0.1) is 5.69 Å². The van der Waals surface area contributed by atoms with Crippen LogP contribution in [-0.4, -0.2) is 17.8 Å². The maximum atomic E-state index is 12.5. The average molecular weight is 408 g/mol. The quantitative estimate of drug-likeness (QED) is 0.698. The first-order valence-corrected chi connectivity index (χ1v) is 9.11. The third-order valence-electron chi connectivity index (χ3n) is 2.67. The van der Waals surface area contributed by atoms with Gasteiger partial charge in [-0.1, -0.05) is 11.6 Å². The summed E-state index contributed by atoms with van der Waals surface area (Å²) >= 11 is 10.4. The SMILES string of the molecule is Nc1nc2sccn2c1S(=O)(=O)Nc1ccc(Cl)cc1Br. The van der Waals surface area contributed by atoms with Gasteiger partial charge in [-0.25, -0.2) is 4.98 Å². The molecule has 0 saturated heterocycles. The number of hydrogen-bond donors (Lipinski definition) is 2. The van der Waals surface area contributed by atoms with E-state index in [0.717, 1.165) is 0 Å². The highest BCUT2D eigenvalue weighted by Gasteiger charge is 2.25. The molecule has 6 nitrogen and oxygen atoms in total. The van der Waals surface area contributed by atoms with Crippen LogP contribution in [0.4, 0.5) is 11.5 Å². The fourth-order valence-corrected chi connectivity index (χ4v) is 4.80. The van der Waals surface area contributed by atoms with Crippen molar-refractivity contribution in [1.29, 1.82) is 0 Å². The van der Waals surface area contributed by atoms with Crippen molar-refractivity contribution in [2.75, 3.05) is 10.5 Å². The standard InChI is InChI=1S/C11H8BrClN4O2S2/c12-7-5-6(13)1-2-8(7)16-21(18,19)10-9(14)15-11-17(10)3-4-20-11/h1-5,16H,14H2. The molecule has 10 heteroatoms. The Hall–Kier alpha value is -1.29. The molecule has 0 saturated carbocycles. The Morgan fingerprint density at radius 2 is 2.19 bits per heavy atom. The van der Waals surface area contributed by atoms with Crippen molar-refractivity contribution in [2.45, 2.75) is 5.03 Å². The Labute approximate surface area is 137 Å². The summed E-state index contributed by atoms with van der Waals surface area (Å²) in [7, 11) is -3.87. The second-order valence-electron chi connectivity index (χ2n) is 4.09. The number of benzene rings is 1. The number of aromatic nitrogens is 2. The second kappa shape index (κ2) is 5.16. The predicted octanol–water partition coefficient (Wildman–Crippen LogP) is 3.19. The molecule has 110 valence electrons. The molecule has 0 fully saturated rings. The van der Waals surface area contributed by atoms with Gasteiger partial charge in [-0.3, -0.25) is 9.12 Å². The van der Waals surface area contributed by atoms with Crippen LogP contribution in [0.1, 0.15) is 0 Å². The number of nitrogens with zero attached hydrogens (tertiary/aromatic N) is 2. The van der Waals surface area contributed by atoms with Crippen LogP contribution in [0, 0.1) is 0 Å². The van der Waals surface area contributed by atoms with Gasteiger partial charge < -0.3 is 5.73 Å². The fourth-order valence-electron chi connectivity index (χ4n) is 1.81. The third kappa shape index (κ3) is 2.61. The number of nitrogens with two attached hydrogens (primary N) is 1. The van der Waals surface area contributed by atoms with E-state index < -0.39 is 10.0 Å². The highest BCUT2D eigenvalue weighted by Crippen LogP contribution is 2.30. The molecule has 0 amide bonds. The van der Waals surface area contributed by atoms with Crippen molar-refractivity contribution in [2.24, 2.45) is 0 Å². The Balaban J connectivity index is 2.08. The van der Waals surface area contributed by atoms with Gasteiger partial charge in [0.25, 0.3) is 10.0 Å². The molecular weight excluding hydrogens is 400 g/mol. The summed E-state index contributed by atoms with van der Waals surface area (Å²) in [5, 5.41) is 2.15. The summed E-state index contributed by atoms with van der Waals surface area (Å²) in [6.07, 6.45) is 1.61. The molecule has 0 aliphatic heterocycles. The van der Waals surface area contributed by atoms with Crippen molar-refractivity contribution in [1.82, 2.24) is 9.38 Å². The molecule has 0 unspecified atom stereocenters. The number of nitrogens with one attached hydrogen (secondary N) is 1. The zero-order valence-corrected chi connectivity index (χ0v) is 14.2. The lowest BCUT2D eigenvalue weighted by molar-refractivity contribution is 0.597. The van der Waals surface area contributed by atoms with Crippen LogP contribution < -0.4 is 10.5 Å². The van der Waals surface area contributed by atoms with Crippen molar-refractivity contribution in [3.8, 4) is 0 Å². The zero-order valence-electron chi connectivity index (χ0n) is 10.2. The van der Waals surface area contributed by atoms with Gasteiger partial charge in [0, 0.05) is 21.1 Å². The molecular formula is C11H8BrClN4O2S2. The van der Waals surface area contributed by atoms with E-state index in [-0.39, 0.29) is 10.8 Å². The Morgan fingerprint density at radius 1 is 1.43 bits per heavy atom. The summed E-state index contributed by atoms with van der Waals surface area (Å²) in [6.45, 7) is 0. The Kier molecular flexibility index (Phi) is 3.60. The average Bonchev–Trinajstić information content (AvgIpc) is 2.91. The molecule has 0 atom stereocenters. The molecule has 21 heavy (non-hydrogen) atoms. The van der Waals surface area contributed by atoms with Gasteiger partial charge in [0.15, 0.2) is 10.8 Å². The number of nitrogen functional groups attached to an aromatic ring is 1. The van der Waals surface area contributed by atoms with Crippen molar-refractivity contribution in [3.05, 3.63) is 39.3 Å². The fraction of sp³-hybridized carbons (Fsp3) is 0. The van der Waals surface area contributed by atoms with E-state index in [1.807, 2.05) is 0 Å². The van der Waals surface area contributed by atoms with Gasteiger partial charge in [-0.05, 0) is 34.1 Å². The van der Waals surface area contributed by atoms with Gasteiger partial charge in [-0.15, -0.1) is 11.3 Å². The molecule has 0 radical (unpaired) electrons. The molecule has 1 aromatic carbocycles. The van der Waals surface area contributed by atoms with Crippen LogP contribution in [0.3, 0.4) is 0 Å². The van der Waals surface area contributed by atoms with Crippen LogP contribution in [-0.2, 0) is 10.0 Å². The number of imidazole rings is 1. The summed E-state index contributed by atoms with van der Waals surface area (Å²) in [4.78, 5) is 4.54. The van der Waals surface area contributed by atoms with E-state index in [1.165, 1.54) is 15.7 Å². The van der Waals surface area contributed by atoms with Gasteiger partial charge in [-0.2, -0.15) is 8.42 Å². The normalized spacial score (nSPS) is 11.9. The van der Waals surface area contributed by atoms with Crippen LogP contribution in [0.2, 0.25) is 5.02 Å². The topological polar surface area (TPSA) is 89.5 Å². The maximum Gasteiger partial charge on any atom is 0.281 e. The number of rotatable bonds is 3. The molecule has 2 heterocycles. The number of halogens is 2. The summed E-state index contributed by atoms with van der Waals surface area (Å²) in [6, 6.07) is 4.75. The molecule has 3 N–H and O–H groups in total. The zero-order chi connectivity index (χ0) is 15.2. The summed E-state index contributed by atoms with van der Waals surface area (Å²) in [5.41, 5.74) is 6.09. The first kappa shape index (κ1) is 14.6. The minimum Gasteiger partial charge on any atom is -0.381 e. The molecule has 0 bridgehead atoms. The van der Waals surface area contributed by atoms with Gasteiger partial charge in [0.1, 0.15) is 0 Å². The van der Waals surface area contributed by atoms with E-state index in [2.05, 4.69) is 25.6 Å². The summed E-state index contributed by atoms with van der Waals surface area (Å²) in [5.74, 6) is -0.0422. The lowest BCUT2D eigenvalue weighted by Crippen LogP contribution is -2.16. The summed E-state index contributed by atoms with van der Waals surface area (Å²) < 4.78 is 29.5. The molecule has 2 aromatic heterocycles. The number of fused-ring (bicyclic) bond motifs is 1. The van der Waals surface area contributed by atoms with Crippen molar-refractivity contribution < 1.29 is 8.42 Å². The van der Waals surface area contributed by atoms with Gasteiger partial charge >= 0.3 is 0 Å². The molecule has 3 aromatic rings. The highest BCUT2D eigenvalue weighted by atomic mass is 79.9. The van der Waals surface area contributed by atoms with E-state index in [0.29, 0.717) is 20.1 Å². The van der Waals surface area contributed by atoms with Crippen molar-refractivity contribution in [3.63, 3.8) is 0 Å². The Bertz CT molecular complexity index is 935. The molecule has 3 rings (SSSR count). The van der Waals surface area contributed by atoms with E-state index in [1.54, 1.807) is 29.8 Å². The number of sulfonamides is 1. The first-order chi connectivity index (χ1) is 9.88. The van der Waals surface area contributed by atoms with Gasteiger partial charge in [0.2, 0.25) is 5.03 Å². The predicted molar refractivity (Wildman–Crippen MR) is 87.4 cm³/mol. The van der Waals surface area contributed by atoms with Crippen LogP contribution in [0.25, 0.3) is 4.96 Å². The van der Waals surface area contributed by atoms with Crippen LogP contribution in [0.15, 0.2) is 39.3 Å². The minimum absolute atomic E-state index is 0.0422. The molecule has 0 aliphatic carbocycles. The highest BCUT2D eigenvalue weighted by molar-refractivity contribution is 9.10. The van der Waals surface area contributed by atoms with E-state index >= 15 is 0 Å². The lowest BCUT2D eigenvalue weighted by Gasteiger charge is -2.09. The largest absolute Gasteiger partial charge is 0.381 e. The van der Waals surface area contributed by atoms with E-state index in [4.69, 9.17) is 17.3 Å². The van der Waals surface area contributed by atoms with Crippen LogP contribution in [0.5, 0.6) is 0 Å². The monoisotopic (exact) mass is 406 g/mol. The first-order valence-electron chi connectivity index (χ1n) is 5.57. The van der Waals surface area contributed by atoms with E-state index in [9.17, 15) is 8.42 Å². The number of anilines is 2. The molecule has 0 spiro atoms. The Morgan fingerprint density at radius 3 is 2.90 bits per heavy atom. The number of hydrogen-bond acceptors (Lipinski definition) is 5.